The third kappa shape index (κ3) is 9.04. The minimum atomic E-state index is -0.189. The molecule has 1 aliphatic rings. The van der Waals surface area contributed by atoms with E-state index in [4.69, 9.17) is 0 Å². The summed E-state index contributed by atoms with van der Waals surface area (Å²) in [5.41, 5.74) is 13.6. The van der Waals surface area contributed by atoms with E-state index in [1.54, 1.807) is 12.2 Å². The monoisotopic (exact) mass is 694 g/mol. The van der Waals surface area contributed by atoms with Crippen LogP contribution in [0.5, 0.6) is 0 Å². The third-order valence-electron chi connectivity index (χ3n) is 9.24. The molecule has 268 valence electrons. The summed E-state index contributed by atoms with van der Waals surface area (Å²) in [5.74, 6) is 0. The zero-order valence-corrected chi connectivity index (χ0v) is 32.4. The van der Waals surface area contributed by atoms with Crippen molar-refractivity contribution < 1.29 is 0 Å². The normalized spacial score (nSPS) is 14.8. The van der Waals surface area contributed by atoms with Crippen LogP contribution in [0, 0.1) is 0 Å². The highest BCUT2D eigenvalue weighted by atomic mass is 15.2. The lowest BCUT2D eigenvalue weighted by atomic mass is 9.81. The minimum Gasteiger partial charge on any atom is -0.311 e. The molecule has 1 aliphatic carbocycles. The van der Waals surface area contributed by atoms with Crippen molar-refractivity contribution >= 4 is 23.5 Å². The van der Waals surface area contributed by atoms with E-state index in [-0.39, 0.29) is 5.41 Å². The Kier molecular flexibility index (Phi) is 14.2. The first-order valence-corrected chi connectivity index (χ1v) is 18.2. The molecule has 0 unspecified atom stereocenters. The average Bonchev–Trinajstić information content (AvgIpc) is 3.39. The lowest BCUT2D eigenvalue weighted by Gasteiger charge is -2.29. The van der Waals surface area contributed by atoms with Crippen LogP contribution in [0.4, 0.5) is 11.4 Å². The van der Waals surface area contributed by atoms with Gasteiger partial charge in [-0.2, -0.15) is 0 Å². The van der Waals surface area contributed by atoms with Crippen LogP contribution in [-0.2, 0) is 5.41 Å². The summed E-state index contributed by atoms with van der Waals surface area (Å²) >= 11 is 0. The molecule has 0 bridgehead atoms. The van der Waals surface area contributed by atoms with Crippen molar-refractivity contribution in [2.45, 2.75) is 47.0 Å². The maximum absolute atomic E-state index is 3.99. The predicted octanol–water partition coefficient (Wildman–Crippen LogP) is 14.4. The van der Waals surface area contributed by atoms with E-state index >= 15 is 0 Å². The highest BCUT2D eigenvalue weighted by molar-refractivity contribution is 5.85. The maximum Gasteiger partial charge on any atom is 0.0464 e. The van der Waals surface area contributed by atoms with Crippen molar-refractivity contribution in [2.24, 2.45) is 0 Å². The van der Waals surface area contributed by atoms with E-state index < -0.39 is 0 Å². The van der Waals surface area contributed by atoms with Gasteiger partial charge in [-0.25, -0.2) is 0 Å². The molecule has 3 aromatic rings. The van der Waals surface area contributed by atoms with Gasteiger partial charge in [0.15, 0.2) is 0 Å². The average molecular weight is 695 g/mol. The zero-order chi connectivity index (χ0) is 38.4. The van der Waals surface area contributed by atoms with Crippen LogP contribution in [-0.4, -0.2) is 0 Å². The third-order valence-corrected chi connectivity index (χ3v) is 9.24. The standard InChI is InChI=1S/C51H54N2/c1-11-19-25-41(17-7)52(43(21-13-3)22-14-4)45-32-29-39(30-33-45)27-28-40-31-35-47-48-36-34-46(38-50(48)51(9,10)49(47)37-40)53(42(18-8)26-20-12-2)44(23-15-5)24-16-6/h11-38H,1-3,5H2,4,6-10H3/b22-14-,24-16-,25-19-,26-20-,28-27+,41-17+,42-18+,43-21+,44-23+. The highest BCUT2D eigenvalue weighted by Crippen LogP contribution is 2.50. The molecule has 0 N–H and O–H groups in total. The zero-order valence-electron chi connectivity index (χ0n) is 32.4. The second kappa shape index (κ2) is 18.9. The summed E-state index contributed by atoms with van der Waals surface area (Å²) in [5, 5.41) is 0. The smallest absolute Gasteiger partial charge is 0.0464 e. The van der Waals surface area contributed by atoms with Crippen molar-refractivity contribution in [1.82, 2.24) is 0 Å². The Morgan fingerprint density at radius 3 is 1.45 bits per heavy atom. The number of rotatable bonds is 16. The molecule has 3 aromatic carbocycles. The fourth-order valence-corrected chi connectivity index (χ4v) is 6.73. The van der Waals surface area contributed by atoms with Gasteiger partial charge in [0.1, 0.15) is 0 Å². The van der Waals surface area contributed by atoms with Crippen LogP contribution in [0.25, 0.3) is 23.3 Å². The first kappa shape index (κ1) is 39.7. The van der Waals surface area contributed by atoms with Gasteiger partial charge in [0, 0.05) is 39.6 Å². The van der Waals surface area contributed by atoms with Crippen LogP contribution in [0.3, 0.4) is 0 Å². The van der Waals surface area contributed by atoms with Crippen molar-refractivity contribution in [2.75, 3.05) is 9.80 Å². The predicted molar refractivity (Wildman–Crippen MR) is 237 cm³/mol. The van der Waals surface area contributed by atoms with Crippen molar-refractivity contribution in [3.8, 4) is 11.1 Å². The molecule has 0 fully saturated rings. The summed E-state index contributed by atoms with van der Waals surface area (Å²) in [6.45, 7) is 28.5. The number of anilines is 2. The Morgan fingerprint density at radius 1 is 0.509 bits per heavy atom. The van der Waals surface area contributed by atoms with Gasteiger partial charge in [0.25, 0.3) is 0 Å². The molecule has 0 radical (unpaired) electrons. The molecule has 0 saturated heterocycles. The molecule has 0 atom stereocenters. The van der Waals surface area contributed by atoms with Crippen molar-refractivity contribution in [1.29, 1.82) is 0 Å². The van der Waals surface area contributed by atoms with Gasteiger partial charge in [0.05, 0.1) is 0 Å². The highest BCUT2D eigenvalue weighted by Gasteiger charge is 2.36. The SMILES string of the molecule is C=C/C=C\C(=C/C)N(C(/C=C\C)=C/C=C)c1ccc(/C=C/c2ccc3c(c2)C(C)(C)c2cc(N(C(/C=C\C=C)=C/C)C(/C=C\C)=C/C=C)ccc2-3)cc1. The quantitative estimate of drug-likeness (QED) is 0.109. The van der Waals surface area contributed by atoms with Crippen LogP contribution >= 0.6 is 0 Å². The second-order valence-electron chi connectivity index (χ2n) is 13.0. The first-order valence-electron chi connectivity index (χ1n) is 18.2. The van der Waals surface area contributed by atoms with E-state index in [1.807, 2.05) is 63.3 Å². The molecule has 0 amide bonds. The number of hydrogen-bond acceptors (Lipinski definition) is 2. The van der Waals surface area contributed by atoms with E-state index in [2.05, 4.69) is 172 Å². The van der Waals surface area contributed by atoms with Gasteiger partial charge in [-0.15, -0.1) is 0 Å². The molecule has 0 aliphatic heterocycles. The molecule has 0 heterocycles. The van der Waals surface area contributed by atoms with Gasteiger partial charge >= 0.3 is 0 Å². The Labute approximate surface area is 319 Å². The second-order valence-corrected chi connectivity index (χ2v) is 13.0. The Balaban J connectivity index is 1.69. The molecular formula is C51H54N2. The summed E-state index contributed by atoms with van der Waals surface area (Å²) < 4.78 is 0. The Bertz CT molecular complexity index is 2090. The summed E-state index contributed by atoms with van der Waals surface area (Å²) in [7, 11) is 0. The molecule has 53 heavy (non-hydrogen) atoms. The molecule has 4 rings (SSSR count). The molecule has 0 saturated carbocycles. The summed E-state index contributed by atoms with van der Waals surface area (Å²) in [6, 6.07) is 22.3. The van der Waals surface area contributed by atoms with Gasteiger partial charge in [-0.05, 0) is 122 Å². The maximum atomic E-state index is 3.99. The lowest BCUT2D eigenvalue weighted by Crippen LogP contribution is -2.21. The largest absolute Gasteiger partial charge is 0.311 e. The van der Waals surface area contributed by atoms with Crippen molar-refractivity contribution in [3.63, 3.8) is 0 Å². The number of allylic oxidation sites excluding steroid dienone is 16. The van der Waals surface area contributed by atoms with Gasteiger partial charge < -0.3 is 9.80 Å². The minimum absolute atomic E-state index is 0.189. The van der Waals surface area contributed by atoms with E-state index in [0.717, 1.165) is 39.7 Å². The lowest BCUT2D eigenvalue weighted by molar-refractivity contribution is 0.660. The van der Waals surface area contributed by atoms with Crippen LogP contribution in [0.2, 0.25) is 0 Å². The number of fused-ring (bicyclic) bond motifs is 3. The summed E-state index contributed by atoms with van der Waals surface area (Å²) in [6.07, 6.45) is 36.3. The Hall–Kier alpha value is -6.12. The topological polar surface area (TPSA) is 6.48 Å². The first-order chi connectivity index (χ1) is 25.7. The van der Waals surface area contributed by atoms with Gasteiger partial charge in [0.2, 0.25) is 0 Å². The molecule has 2 nitrogen and oxygen atoms in total. The fourth-order valence-electron chi connectivity index (χ4n) is 6.73. The Morgan fingerprint density at radius 2 is 0.962 bits per heavy atom. The number of nitrogens with zero attached hydrogens (tertiary/aromatic N) is 2. The van der Waals surface area contributed by atoms with Crippen molar-refractivity contribution in [3.05, 3.63) is 229 Å². The van der Waals surface area contributed by atoms with E-state index in [9.17, 15) is 0 Å². The molecule has 0 aromatic heterocycles. The number of benzene rings is 3. The van der Waals surface area contributed by atoms with Gasteiger partial charge in [-0.1, -0.05) is 149 Å². The van der Waals surface area contributed by atoms with Crippen LogP contribution < -0.4 is 9.80 Å². The van der Waals surface area contributed by atoms with E-state index in [1.165, 1.54) is 27.8 Å². The van der Waals surface area contributed by atoms with E-state index in [0.29, 0.717) is 0 Å². The molecule has 0 spiro atoms. The van der Waals surface area contributed by atoms with Crippen LogP contribution in [0.15, 0.2) is 207 Å². The number of hydrogen-bond donors (Lipinski definition) is 0. The fraction of sp³-hybridized carbons (Fsp3) is 0.137. The molecular weight excluding hydrogens is 641 g/mol. The van der Waals surface area contributed by atoms with Gasteiger partial charge in [-0.3, -0.25) is 0 Å². The summed E-state index contributed by atoms with van der Waals surface area (Å²) in [4.78, 5) is 4.49. The molecule has 2 heteroatoms. The van der Waals surface area contributed by atoms with Crippen LogP contribution in [0.1, 0.15) is 63.8 Å².